The molecule has 1 fully saturated rings. The van der Waals surface area contributed by atoms with Crippen LogP contribution in [0.2, 0.25) is 0 Å². The lowest BCUT2D eigenvalue weighted by atomic mass is 10.0. The third-order valence-electron chi connectivity index (χ3n) is 3.22. The van der Waals surface area contributed by atoms with E-state index in [1.54, 1.807) is 0 Å². The summed E-state index contributed by atoms with van der Waals surface area (Å²) in [7, 11) is 0. The first kappa shape index (κ1) is 15.0. The molecule has 0 saturated carbocycles. The Morgan fingerprint density at radius 3 is 2.80 bits per heavy atom. The number of amides is 2. The minimum Gasteiger partial charge on any atom is -0.480 e. The van der Waals surface area contributed by atoms with Crippen molar-refractivity contribution < 1.29 is 19.1 Å². The maximum Gasteiger partial charge on any atom is 0.326 e. The van der Waals surface area contributed by atoms with Crippen molar-refractivity contribution in [3.8, 4) is 0 Å². The highest BCUT2D eigenvalue weighted by molar-refractivity contribution is 14.1. The predicted octanol–water partition coefficient (Wildman–Crippen LogP) is 2.90. The molecule has 2 N–H and O–H groups in total. The summed E-state index contributed by atoms with van der Waals surface area (Å²) in [6.07, 6.45) is 2.05. The molecule has 7 heteroatoms. The van der Waals surface area contributed by atoms with Gasteiger partial charge in [0.15, 0.2) is 0 Å². The van der Waals surface area contributed by atoms with E-state index in [0.717, 1.165) is 12.8 Å². The molecule has 0 bridgehead atoms. The van der Waals surface area contributed by atoms with E-state index in [9.17, 15) is 14.0 Å². The summed E-state index contributed by atoms with van der Waals surface area (Å²) in [5.41, 5.74) is 0.478. The fraction of sp³-hybridized carbons (Fsp3) is 0.385. The number of benzene rings is 1. The van der Waals surface area contributed by atoms with E-state index in [1.807, 2.05) is 22.6 Å². The summed E-state index contributed by atoms with van der Waals surface area (Å²) in [5.74, 6) is -1.37. The van der Waals surface area contributed by atoms with Gasteiger partial charge in [-0.2, -0.15) is 0 Å². The Labute approximate surface area is 129 Å². The molecule has 0 aliphatic carbocycles. The summed E-state index contributed by atoms with van der Waals surface area (Å²) >= 11 is 1.92. The van der Waals surface area contributed by atoms with Gasteiger partial charge in [-0.1, -0.05) is 0 Å². The second kappa shape index (κ2) is 6.38. The smallest absolute Gasteiger partial charge is 0.326 e. The van der Waals surface area contributed by atoms with Crippen molar-refractivity contribution in [3.05, 3.63) is 27.6 Å². The normalized spacial score (nSPS) is 18.7. The fourth-order valence-electron chi connectivity index (χ4n) is 2.21. The Kier molecular flexibility index (Phi) is 4.79. The van der Waals surface area contributed by atoms with Gasteiger partial charge in [0.2, 0.25) is 0 Å². The number of carbonyl (C=O) groups is 2. The van der Waals surface area contributed by atoms with Gasteiger partial charge < -0.3 is 15.3 Å². The number of carbonyl (C=O) groups excluding carboxylic acids is 1. The number of likely N-dealkylation sites (tertiary alicyclic amines) is 1. The van der Waals surface area contributed by atoms with Gasteiger partial charge in [0.1, 0.15) is 11.9 Å². The zero-order chi connectivity index (χ0) is 14.7. The minimum atomic E-state index is -0.992. The highest BCUT2D eigenvalue weighted by atomic mass is 127. The SMILES string of the molecule is O=C(O)C1CCCCN1C(=O)Nc1ccc(F)cc1I. The maximum absolute atomic E-state index is 13.0. The summed E-state index contributed by atoms with van der Waals surface area (Å²) in [5, 5.41) is 11.8. The number of carboxylic acid groups (broad SMARTS) is 1. The molecule has 1 aromatic carbocycles. The van der Waals surface area contributed by atoms with Gasteiger partial charge >= 0.3 is 12.0 Å². The molecule has 0 radical (unpaired) electrons. The van der Waals surface area contributed by atoms with E-state index >= 15 is 0 Å². The predicted molar refractivity (Wildman–Crippen MR) is 80.1 cm³/mol. The second-order valence-electron chi connectivity index (χ2n) is 4.60. The van der Waals surface area contributed by atoms with Crippen molar-refractivity contribution in [1.82, 2.24) is 4.90 Å². The van der Waals surface area contributed by atoms with Crippen LogP contribution >= 0.6 is 22.6 Å². The van der Waals surface area contributed by atoms with Gasteiger partial charge in [-0.25, -0.2) is 14.0 Å². The summed E-state index contributed by atoms with van der Waals surface area (Å²) in [4.78, 5) is 24.7. The van der Waals surface area contributed by atoms with E-state index in [0.29, 0.717) is 22.2 Å². The van der Waals surface area contributed by atoms with E-state index in [-0.39, 0.29) is 5.82 Å². The molecule has 1 saturated heterocycles. The summed E-state index contributed by atoms with van der Waals surface area (Å²) in [6, 6.07) is 2.78. The lowest BCUT2D eigenvalue weighted by Crippen LogP contribution is -2.49. The van der Waals surface area contributed by atoms with Gasteiger partial charge in [-0.15, -0.1) is 0 Å². The summed E-state index contributed by atoms with van der Waals surface area (Å²) in [6.45, 7) is 0.417. The molecule has 1 aliphatic heterocycles. The Morgan fingerprint density at radius 1 is 1.40 bits per heavy atom. The third kappa shape index (κ3) is 3.38. The number of halogens is 2. The van der Waals surface area contributed by atoms with Crippen LogP contribution in [-0.2, 0) is 4.79 Å². The molecule has 1 aliphatic rings. The molecule has 1 aromatic rings. The van der Waals surface area contributed by atoms with Crippen molar-refractivity contribution in [1.29, 1.82) is 0 Å². The zero-order valence-corrected chi connectivity index (χ0v) is 12.8. The van der Waals surface area contributed by atoms with E-state index in [2.05, 4.69) is 5.32 Å². The lowest BCUT2D eigenvalue weighted by molar-refractivity contribution is -0.143. The van der Waals surface area contributed by atoms with Crippen molar-refractivity contribution >= 4 is 40.3 Å². The van der Waals surface area contributed by atoms with E-state index in [1.165, 1.54) is 23.1 Å². The van der Waals surface area contributed by atoms with Crippen LogP contribution in [0, 0.1) is 9.39 Å². The van der Waals surface area contributed by atoms with Gasteiger partial charge in [0, 0.05) is 10.1 Å². The number of piperidine rings is 1. The Balaban J connectivity index is 2.12. The lowest BCUT2D eigenvalue weighted by Gasteiger charge is -2.32. The third-order valence-corrected chi connectivity index (χ3v) is 4.11. The topological polar surface area (TPSA) is 69.6 Å². The molecule has 0 spiro atoms. The number of nitrogens with one attached hydrogen (secondary N) is 1. The molecular formula is C13H14FIN2O3. The van der Waals surface area contributed by atoms with Crippen molar-refractivity contribution in [3.63, 3.8) is 0 Å². The number of urea groups is 1. The molecule has 5 nitrogen and oxygen atoms in total. The largest absolute Gasteiger partial charge is 0.480 e. The van der Waals surface area contributed by atoms with E-state index < -0.39 is 18.0 Å². The highest BCUT2D eigenvalue weighted by Crippen LogP contribution is 2.22. The van der Waals surface area contributed by atoms with Crippen LogP contribution in [0.25, 0.3) is 0 Å². The monoisotopic (exact) mass is 392 g/mol. The molecule has 20 heavy (non-hydrogen) atoms. The zero-order valence-electron chi connectivity index (χ0n) is 10.6. The molecule has 1 unspecified atom stereocenters. The van der Waals surface area contributed by atoms with Gasteiger partial charge in [0.25, 0.3) is 0 Å². The quantitative estimate of drug-likeness (QED) is 0.761. The molecular weight excluding hydrogens is 378 g/mol. The van der Waals surface area contributed by atoms with Gasteiger partial charge in [-0.3, -0.25) is 0 Å². The minimum absolute atomic E-state index is 0.381. The Hall–Kier alpha value is -1.38. The van der Waals surface area contributed by atoms with Crippen molar-refractivity contribution in [2.75, 3.05) is 11.9 Å². The molecule has 2 rings (SSSR count). The van der Waals surface area contributed by atoms with Crippen LogP contribution in [0.4, 0.5) is 14.9 Å². The Morgan fingerprint density at radius 2 is 2.15 bits per heavy atom. The van der Waals surface area contributed by atoms with Crippen LogP contribution in [0.15, 0.2) is 18.2 Å². The first-order chi connectivity index (χ1) is 9.49. The van der Waals surface area contributed by atoms with Crippen LogP contribution < -0.4 is 5.32 Å². The molecule has 2 amide bonds. The van der Waals surface area contributed by atoms with Crippen molar-refractivity contribution in [2.24, 2.45) is 0 Å². The van der Waals surface area contributed by atoms with Crippen LogP contribution in [0.1, 0.15) is 19.3 Å². The number of hydrogen-bond acceptors (Lipinski definition) is 2. The van der Waals surface area contributed by atoms with E-state index in [4.69, 9.17) is 5.11 Å². The average molecular weight is 392 g/mol. The number of hydrogen-bond donors (Lipinski definition) is 2. The van der Waals surface area contributed by atoms with Gasteiger partial charge in [0.05, 0.1) is 5.69 Å². The molecule has 0 aromatic heterocycles. The second-order valence-corrected chi connectivity index (χ2v) is 5.76. The fourth-order valence-corrected chi connectivity index (χ4v) is 2.82. The van der Waals surface area contributed by atoms with Crippen LogP contribution in [0.3, 0.4) is 0 Å². The summed E-state index contributed by atoms with van der Waals surface area (Å²) < 4.78 is 13.6. The first-order valence-corrected chi connectivity index (χ1v) is 7.32. The highest BCUT2D eigenvalue weighted by Gasteiger charge is 2.32. The number of rotatable bonds is 2. The molecule has 108 valence electrons. The first-order valence-electron chi connectivity index (χ1n) is 6.24. The van der Waals surface area contributed by atoms with Gasteiger partial charge in [-0.05, 0) is 60.1 Å². The number of anilines is 1. The number of nitrogens with zero attached hydrogens (tertiary/aromatic N) is 1. The van der Waals surface area contributed by atoms with Crippen LogP contribution in [0.5, 0.6) is 0 Å². The number of aliphatic carboxylic acids is 1. The number of carboxylic acids is 1. The molecule has 1 atom stereocenters. The standard InChI is InChI=1S/C13H14FIN2O3/c14-8-4-5-10(9(15)7-8)16-13(20)17-6-2-1-3-11(17)12(18)19/h4-5,7,11H,1-3,6H2,(H,16,20)(H,18,19). The average Bonchev–Trinajstić information content (AvgIpc) is 2.41. The Bertz CT molecular complexity index is 538. The maximum atomic E-state index is 13.0. The van der Waals surface area contributed by atoms with Crippen LogP contribution in [-0.4, -0.2) is 34.6 Å². The van der Waals surface area contributed by atoms with Crippen molar-refractivity contribution in [2.45, 2.75) is 25.3 Å². The molecule has 1 heterocycles.